The number of rotatable bonds is 2. The molecule has 0 aromatic rings. The molecule has 1 unspecified atom stereocenters. The normalized spacial score (nSPS) is 17.3. The summed E-state index contributed by atoms with van der Waals surface area (Å²) in [5.41, 5.74) is 0. The Morgan fingerprint density at radius 2 is 2.33 bits per heavy atom. The Balaban J connectivity index is 2.96. The van der Waals surface area contributed by atoms with Crippen molar-refractivity contribution in [1.29, 1.82) is 0 Å². The van der Waals surface area contributed by atoms with E-state index < -0.39 is 0 Å². The van der Waals surface area contributed by atoms with Gasteiger partial charge in [0, 0.05) is 10.7 Å². The molecule has 3 heteroatoms. The van der Waals surface area contributed by atoms with Gasteiger partial charge in [0.15, 0.2) is 0 Å². The minimum absolute atomic E-state index is 0.159. The molecular weight excluding hydrogens is 116 g/mol. The van der Waals surface area contributed by atoms with E-state index in [1.54, 1.807) is 0 Å². The minimum atomic E-state index is -0.159. The van der Waals surface area contributed by atoms with Crippen molar-refractivity contribution in [2.45, 2.75) is 6.92 Å². The van der Waals surface area contributed by atoms with Gasteiger partial charge in [0.25, 0.3) is 0 Å². The van der Waals surface area contributed by atoms with Crippen LogP contribution in [0.2, 0.25) is 0 Å². The highest BCUT2D eigenvalue weighted by Gasteiger charge is 1.81. The second-order valence-electron chi connectivity index (χ2n) is 1.06. The van der Waals surface area contributed by atoms with E-state index in [9.17, 15) is 4.21 Å². The van der Waals surface area contributed by atoms with Gasteiger partial charge in [0.2, 0.25) is 0 Å². The fourth-order valence-electron chi connectivity index (χ4n) is 0.0577. The fraction of sp³-hybridized carbons (Fsp3) is 1.00. The summed E-state index contributed by atoms with van der Waals surface area (Å²) in [6, 6.07) is 0. The lowest BCUT2D eigenvalue weighted by Gasteiger charge is -1.97. The molecule has 0 rings (SSSR count). The lowest BCUT2D eigenvalue weighted by atomic mass is 11.0. The Morgan fingerprint density at radius 3 is 2.33 bits per heavy atom. The molecule has 0 heterocycles. The number of thiol groups is 2. The van der Waals surface area contributed by atoms with Crippen LogP contribution < -0.4 is 0 Å². The zero-order valence-corrected chi connectivity index (χ0v) is 5.80. The summed E-state index contributed by atoms with van der Waals surface area (Å²) in [5.74, 6) is 1.07. The van der Waals surface area contributed by atoms with Crippen molar-refractivity contribution < 1.29 is 4.21 Å². The van der Waals surface area contributed by atoms with Crippen LogP contribution in [-0.2, 0) is 10.7 Å². The van der Waals surface area contributed by atoms with Crippen molar-refractivity contribution in [3.8, 4) is 0 Å². The van der Waals surface area contributed by atoms with Crippen LogP contribution in [0, 0.1) is 0 Å². The van der Waals surface area contributed by atoms with Crippen molar-refractivity contribution in [3.63, 3.8) is 0 Å². The van der Waals surface area contributed by atoms with E-state index in [0.717, 1.165) is 5.75 Å². The molecule has 0 amide bonds. The van der Waals surface area contributed by atoms with Gasteiger partial charge in [-0.1, -0.05) is 6.92 Å². The first-order chi connectivity index (χ1) is 2.81. The molecule has 1 nitrogen and oxygen atoms in total. The van der Waals surface area contributed by atoms with E-state index >= 15 is 0 Å². The Bertz CT molecular complexity index is 46.1. The first kappa shape index (κ1) is 6.50. The molecular formula is C3H10OS2. The molecule has 0 N–H and O–H groups in total. The van der Waals surface area contributed by atoms with Crippen LogP contribution in [0.5, 0.6) is 0 Å². The van der Waals surface area contributed by atoms with Crippen LogP contribution in [0.15, 0.2) is 0 Å². The third-order valence-corrected chi connectivity index (χ3v) is 3.48. The van der Waals surface area contributed by atoms with Gasteiger partial charge >= 0.3 is 0 Å². The predicted molar refractivity (Wildman–Crippen MR) is 35.0 cm³/mol. The van der Waals surface area contributed by atoms with Crippen molar-refractivity contribution in [2.24, 2.45) is 0 Å². The minimum Gasteiger partial charge on any atom is -0.253 e. The lowest BCUT2D eigenvalue weighted by Crippen LogP contribution is -1.73. The third-order valence-electron chi connectivity index (χ3n) is 0.597. The molecule has 40 valence electrons. The molecule has 0 aromatic heterocycles. The highest BCUT2D eigenvalue weighted by Crippen LogP contribution is 2.14. The monoisotopic (exact) mass is 126 g/mol. The molecule has 1 atom stereocenters. The maximum Gasteiger partial charge on any atom is 0.0460 e. The molecule has 0 bridgehead atoms. The molecule has 0 saturated carbocycles. The van der Waals surface area contributed by atoms with Crippen molar-refractivity contribution in [3.05, 3.63) is 0 Å². The Labute approximate surface area is 44.4 Å². The second kappa shape index (κ2) is 3.68. The zero-order chi connectivity index (χ0) is 4.99. The summed E-state index contributed by atoms with van der Waals surface area (Å²) in [6.07, 6.45) is 2.02. The lowest BCUT2D eigenvalue weighted by molar-refractivity contribution is 0.700. The molecule has 6 heavy (non-hydrogen) atoms. The predicted octanol–water partition coefficient (Wildman–Crippen LogP) is 0.498. The van der Waals surface area contributed by atoms with Crippen LogP contribution >= 0.6 is 9.93 Å². The van der Waals surface area contributed by atoms with E-state index in [1.807, 2.05) is 6.26 Å². The first-order valence-corrected chi connectivity index (χ1v) is 5.35. The average Bonchev–Trinajstić information content (AvgIpc) is 1.65. The van der Waals surface area contributed by atoms with Gasteiger partial charge in [-0.25, -0.2) is 0 Å². The Hall–Kier alpha value is 0.500. The van der Waals surface area contributed by atoms with Gasteiger partial charge in [-0.2, -0.15) is 9.93 Å². The van der Waals surface area contributed by atoms with Crippen molar-refractivity contribution in [2.75, 3.05) is 12.0 Å². The highest BCUT2D eigenvalue weighted by molar-refractivity contribution is 8.71. The van der Waals surface area contributed by atoms with E-state index in [2.05, 4.69) is 6.92 Å². The van der Waals surface area contributed by atoms with Crippen LogP contribution in [-0.4, -0.2) is 16.2 Å². The van der Waals surface area contributed by atoms with E-state index in [1.165, 1.54) is 0 Å². The maximum absolute atomic E-state index is 9.86. The van der Waals surface area contributed by atoms with Crippen LogP contribution in [0.1, 0.15) is 6.92 Å². The van der Waals surface area contributed by atoms with Crippen LogP contribution in [0.4, 0.5) is 0 Å². The van der Waals surface area contributed by atoms with Gasteiger partial charge in [0.05, 0.1) is 0 Å². The SMILES string of the molecule is CC[SH](C)[SH]=O. The molecule has 0 aromatic carbocycles. The molecule has 0 fully saturated rings. The maximum atomic E-state index is 9.86. The third kappa shape index (κ3) is 2.72. The van der Waals surface area contributed by atoms with E-state index in [-0.39, 0.29) is 9.93 Å². The number of hydrogen-bond donors (Lipinski definition) is 2. The standard InChI is InChI=1S/C3H10OS2/c1-3-6(2)5-4/h5-6H,3H2,1-2H3. The van der Waals surface area contributed by atoms with Crippen LogP contribution in [0.25, 0.3) is 0 Å². The highest BCUT2D eigenvalue weighted by atomic mass is 33.1. The molecule has 0 radical (unpaired) electrons. The summed E-state index contributed by atoms with van der Waals surface area (Å²) in [6.45, 7) is 2.05. The van der Waals surface area contributed by atoms with Crippen LogP contribution in [0.3, 0.4) is 0 Å². The molecule has 0 aliphatic carbocycles. The Kier molecular flexibility index (Phi) is 3.99. The first-order valence-electron chi connectivity index (χ1n) is 1.85. The van der Waals surface area contributed by atoms with Gasteiger partial charge in [-0.3, -0.25) is 4.21 Å². The summed E-state index contributed by atoms with van der Waals surface area (Å²) < 4.78 is 9.86. The molecule has 0 aliphatic heterocycles. The van der Waals surface area contributed by atoms with E-state index in [4.69, 9.17) is 0 Å². The van der Waals surface area contributed by atoms with Gasteiger partial charge in [-0.15, -0.1) is 0 Å². The largest absolute Gasteiger partial charge is 0.253 e. The van der Waals surface area contributed by atoms with Crippen molar-refractivity contribution in [1.82, 2.24) is 0 Å². The zero-order valence-electron chi connectivity index (χ0n) is 4.01. The second-order valence-corrected chi connectivity index (χ2v) is 5.71. The van der Waals surface area contributed by atoms with E-state index in [0.29, 0.717) is 10.7 Å². The van der Waals surface area contributed by atoms with Gasteiger partial charge < -0.3 is 0 Å². The topological polar surface area (TPSA) is 17.1 Å². The summed E-state index contributed by atoms with van der Waals surface area (Å²) in [7, 11) is 0.184. The van der Waals surface area contributed by atoms with Gasteiger partial charge in [-0.05, 0) is 12.0 Å². The fourth-order valence-corrected chi connectivity index (χ4v) is 0.520. The molecule has 0 aliphatic rings. The summed E-state index contributed by atoms with van der Waals surface area (Å²) >= 11 is 0. The van der Waals surface area contributed by atoms with Crippen molar-refractivity contribution >= 4 is 20.6 Å². The average molecular weight is 126 g/mol. The molecule has 0 saturated heterocycles. The Morgan fingerprint density at radius 1 is 1.83 bits per heavy atom. The quantitative estimate of drug-likeness (QED) is 0.407. The molecule has 0 spiro atoms. The summed E-state index contributed by atoms with van der Waals surface area (Å²) in [5, 5.41) is 0. The smallest absolute Gasteiger partial charge is 0.0460 e. The number of hydrogen-bond acceptors (Lipinski definition) is 1. The summed E-state index contributed by atoms with van der Waals surface area (Å²) in [4.78, 5) is 0. The van der Waals surface area contributed by atoms with Gasteiger partial charge in [0.1, 0.15) is 0 Å².